The first-order valence-electron chi connectivity index (χ1n) is 16.5. The molecule has 0 radical (unpaired) electrons. The highest BCUT2D eigenvalue weighted by atomic mass is 16.5. The third kappa shape index (κ3) is 22.5. The fourth-order valence-corrected chi connectivity index (χ4v) is 5.09. The summed E-state index contributed by atoms with van der Waals surface area (Å²) in [6, 6.07) is 4.42. The fraction of sp³-hybridized carbons (Fsp3) is 0.743. The monoisotopic (exact) mass is 544 g/mol. The van der Waals surface area contributed by atoms with Crippen molar-refractivity contribution in [2.24, 2.45) is 0 Å². The number of phenols is 2. The molecule has 1 rings (SSSR count). The van der Waals surface area contributed by atoms with Crippen molar-refractivity contribution in [2.45, 2.75) is 161 Å². The van der Waals surface area contributed by atoms with E-state index in [1.54, 1.807) is 12.1 Å². The van der Waals surface area contributed by atoms with Crippen LogP contribution in [0.25, 0.3) is 6.08 Å². The van der Waals surface area contributed by atoms with Crippen LogP contribution in [0, 0.1) is 0 Å². The van der Waals surface area contributed by atoms with Gasteiger partial charge in [-0.1, -0.05) is 161 Å². The predicted octanol–water partition coefficient (Wildman–Crippen LogP) is 11.0. The van der Waals surface area contributed by atoms with Crippen molar-refractivity contribution in [3.8, 4) is 11.5 Å². The van der Waals surface area contributed by atoms with Gasteiger partial charge in [0, 0.05) is 6.08 Å². The number of hydrogen-bond acceptors (Lipinski definition) is 4. The maximum absolute atomic E-state index is 11.8. The highest BCUT2D eigenvalue weighted by Gasteiger charge is 2.01. The molecule has 2 N–H and O–H groups in total. The quantitative estimate of drug-likeness (QED) is 0.0500. The van der Waals surface area contributed by atoms with Crippen LogP contribution in [0.3, 0.4) is 0 Å². The van der Waals surface area contributed by atoms with E-state index in [2.05, 4.69) is 6.92 Å². The summed E-state index contributed by atoms with van der Waals surface area (Å²) < 4.78 is 5.23. The minimum Gasteiger partial charge on any atom is -0.504 e. The van der Waals surface area contributed by atoms with Crippen molar-refractivity contribution in [1.82, 2.24) is 0 Å². The topological polar surface area (TPSA) is 66.8 Å². The lowest BCUT2D eigenvalue weighted by atomic mass is 10.0. The Bertz CT molecular complexity index is 727. The lowest BCUT2D eigenvalue weighted by Crippen LogP contribution is -2.02. The Morgan fingerprint density at radius 3 is 1.36 bits per heavy atom. The Kier molecular flexibility index (Phi) is 23.6. The molecular weight excluding hydrogens is 484 g/mol. The Morgan fingerprint density at radius 2 is 0.974 bits per heavy atom. The van der Waals surface area contributed by atoms with Gasteiger partial charge in [0.05, 0.1) is 6.61 Å². The molecule has 224 valence electrons. The van der Waals surface area contributed by atoms with Crippen LogP contribution in [-0.4, -0.2) is 22.8 Å². The Balaban J connectivity index is 1.74. The first-order valence-corrected chi connectivity index (χ1v) is 16.5. The number of ether oxygens (including phenoxy) is 1. The zero-order chi connectivity index (χ0) is 28.2. The highest BCUT2D eigenvalue weighted by Crippen LogP contribution is 2.25. The summed E-state index contributed by atoms with van der Waals surface area (Å²) in [4.78, 5) is 11.8. The van der Waals surface area contributed by atoms with Gasteiger partial charge in [-0.25, -0.2) is 4.79 Å². The number of carbonyl (C=O) groups excluding carboxylic acids is 1. The van der Waals surface area contributed by atoms with E-state index in [1.165, 1.54) is 159 Å². The molecule has 1 aromatic carbocycles. The molecule has 0 aliphatic carbocycles. The van der Waals surface area contributed by atoms with Crippen molar-refractivity contribution in [3.05, 3.63) is 29.8 Å². The van der Waals surface area contributed by atoms with Gasteiger partial charge in [0.1, 0.15) is 0 Å². The minimum absolute atomic E-state index is 0.176. The molecule has 0 saturated carbocycles. The van der Waals surface area contributed by atoms with Gasteiger partial charge < -0.3 is 14.9 Å². The van der Waals surface area contributed by atoms with Gasteiger partial charge in [0.25, 0.3) is 0 Å². The van der Waals surface area contributed by atoms with E-state index in [4.69, 9.17) is 4.74 Å². The van der Waals surface area contributed by atoms with Gasteiger partial charge in [0.2, 0.25) is 0 Å². The molecule has 0 aliphatic heterocycles. The lowest BCUT2D eigenvalue weighted by Gasteiger charge is -2.04. The zero-order valence-corrected chi connectivity index (χ0v) is 25.3. The third-order valence-electron chi connectivity index (χ3n) is 7.65. The SMILES string of the molecule is CCCCCCCCCCCCCCCCCCCCCCCCCCOC(=O)C=Cc1ccc(O)c(O)c1. The second-order valence-corrected chi connectivity index (χ2v) is 11.4. The van der Waals surface area contributed by atoms with Crippen LogP contribution >= 0.6 is 0 Å². The Hall–Kier alpha value is -1.97. The molecule has 4 heteroatoms. The number of rotatable bonds is 27. The van der Waals surface area contributed by atoms with E-state index in [9.17, 15) is 15.0 Å². The molecule has 0 bridgehead atoms. The van der Waals surface area contributed by atoms with Crippen LogP contribution in [0.5, 0.6) is 11.5 Å². The van der Waals surface area contributed by atoms with E-state index in [0.29, 0.717) is 12.2 Å². The summed E-state index contributed by atoms with van der Waals surface area (Å²) in [6.07, 6.45) is 35.8. The molecule has 0 spiro atoms. The number of benzene rings is 1. The van der Waals surface area contributed by atoms with Crippen molar-refractivity contribution >= 4 is 12.0 Å². The number of carbonyl (C=O) groups is 1. The second kappa shape index (κ2) is 26.3. The molecular formula is C35H60O4. The maximum Gasteiger partial charge on any atom is 0.330 e. The standard InChI is InChI=1S/C35H60O4/c1-2-3-4-5-6-7-8-9-10-11-12-13-14-15-16-17-18-19-20-21-22-23-24-25-30-39-35(38)29-27-32-26-28-33(36)34(37)31-32/h26-29,31,36-37H,2-25,30H2,1H3. The van der Waals surface area contributed by atoms with Gasteiger partial charge in [-0.15, -0.1) is 0 Å². The number of aromatic hydroxyl groups is 2. The van der Waals surface area contributed by atoms with Crippen molar-refractivity contribution in [2.75, 3.05) is 6.61 Å². The normalized spacial score (nSPS) is 11.4. The molecule has 4 nitrogen and oxygen atoms in total. The van der Waals surface area contributed by atoms with Crippen molar-refractivity contribution < 1.29 is 19.7 Å². The molecule has 0 unspecified atom stereocenters. The van der Waals surface area contributed by atoms with Crippen LogP contribution < -0.4 is 0 Å². The molecule has 0 amide bonds. The van der Waals surface area contributed by atoms with Crippen LogP contribution in [0.2, 0.25) is 0 Å². The molecule has 0 heterocycles. The summed E-state index contributed by atoms with van der Waals surface area (Å²) in [6.45, 7) is 2.74. The largest absolute Gasteiger partial charge is 0.504 e. The summed E-state index contributed by atoms with van der Waals surface area (Å²) in [5.41, 5.74) is 0.636. The van der Waals surface area contributed by atoms with Gasteiger partial charge in [-0.05, 0) is 30.2 Å². The highest BCUT2D eigenvalue weighted by molar-refractivity contribution is 5.87. The van der Waals surface area contributed by atoms with Crippen LogP contribution in [0.15, 0.2) is 24.3 Å². The van der Waals surface area contributed by atoms with Gasteiger partial charge in [0.15, 0.2) is 11.5 Å². The lowest BCUT2D eigenvalue weighted by molar-refractivity contribution is -0.137. The zero-order valence-electron chi connectivity index (χ0n) is 25.3. The summed E-state index contributed by atoms with van der Waals surface area (Å²) in [5, 5.41) is 18.8. The Morgan fingerprint density at radius 1 is 0.590 bits per heavy atom. The number of phenolic OH excluding ortho intramolecular Hbond substituents is 2. The van der Waals surface area contributed by atoms with Gasteiger partial charge in [-0.2, -0.15) is 0 Å². The van der Waals surface area contributed by atoms with E-state index in [0.717, 1.165) is 12.8 Å². The smallest absolute Gasteiger partial charge is 0.330 e. The molecule has 0 atom stereocenters. The van der Waals surface area contributed by atoms with Gasteiger partial charge in [-0.3, -0.25) is 0 Å². The van der Waals surface area contributed by atoms with Crippen LogP contribution in [0.1, 0.15) is 167 Å². The van der Waals surface area contributed by atoms with E-state index >= 15 is 0 Å². The number of hydrogen-bond donors (Lipinski definition) is 2. The first kappa shape index (κ1) is 35.1. The molecule has 0 aliphatic rings. The van der Waals surface area contributed by atoms with Crippen LogP contribution in [0.4, 0.5) is 0 Å². The van der Waals surface area contributed by atoms with Crippen molar-refractivity contribution in [3.63, 3.8) is 0 Å². The van der Waals surface area contributed by atoms with E-state index < -0.39 is 0 Å². The molecule has 1 aromatic rings. The van der Waals surface area contributed by atoms with Crippen molar-refractivity contribution in [1.29, 1.82) is 0 Å². The number of esters is 1. The molecule has 0 fully saturated rings. The molecule has 0 aromatic heterocycles. The fourth-order valence-electron chi connectivity index (χ4n) is 5.09. The van der Waals surface area contributed by atoms with E-state index in [1.807, 2.05) is 0 Å². The minimum atomic E-state index is -0.378. The summed E-state index contributed by atoms with van der Waals surface area (Å²) in [7, 11) is 0. The Labute approximate surface area is 240 Å². The van der Waals surface area contributed by atoms with Crippen LogP contribution in [-0.2, 0) is 9.53 Å². The molecule has 0 saturated heterocycles. The average molecular weight is 545 g/mol. The first-order chi connectivity index (χ1) is 19.1. The molecule has 39 heavy (non-hydrogen) atoms. The second-order valence-electron chi connectivity index (χ2n) is 11.4. The third-order valence-corrected chi connectivity index (χ3v) is 7.65. The average Bonchev–Trinajstić information content (AvgIpc) is 2.93. The predicted molar refractivity (Wildman–Crippen MR) is 166 cm³/mol. The van der Waals surface area contributed by atoms with E-state index in [-0.39, 0.29) is 17.5 Å². The van der Waals surface area contributed by atoms with Gasteiger partial charge >= 0.3 is 5.97 Å². The summed E-state index contributed by atoms with van der Waals surface area (Å²) >= 11 is 0. The summed E-state index contributed by atoms with van der Waals surface area (Å²) in [5.74, 6) is -0.757. The maximum atomic E-state index is 11.8. The number of unbranched alkanes of at least 4 members (excludes halogenated alkanes) is 23.